The Bertz CT molecular complexity index is 706. The zero-order valence-corrected chi connectivity index (χ0v) is 14.6. The van der Waals surface area contributed by atoms with Gasteiger partial charge in [0.1, 0.15) is 17.7 Å². The molecular formula is C19H23FN2O3. The number of rotatable bonds is 6. The van der Waals surface area contributed by atoms with Gasteiger partial charge in [-0.05, 0) is 30.7 Å². The summed E-state index contributed by atoms with van der Waals surface area (Å²) in [5, 5.41) is 12.1. The van der Waals surface area contributed by atoms with Crippen molar-refractivity contribution in [2.75, 3.05) is 14.2 Å². The van der Waals surface area contributed by atoms with E-state index < -0.39 is 12.1 Å². The van der Waals surface area contributed by atoms with Crippen LogP contribution in [-0.4, -0.2) is 36.2 Å². The minimum Gasteiger partial charge on any atom is -0.508 e. The van der Waals surface area contributed by atoms with Crippen molar-refractivity contribution in [3.05, 3.63) is 65.5 Å². The van der Waals surface area contributed by atoms with Crippen molar-refractivity contribution in [3.63, 3.8) is 0 Å². The van der Waals surface area contributed by atoms with Crippen molar-refractivity contribution in [1.82, 2.24) is 10.2 Å². The Hall–Kier alpha value is -2.60. The van der Waals surface area contributed by atoms with E-state index in [1.54, 1.807) is 56.4 Å². The van der Waals surface area contributed by atoms with Crippen LogP contribution >= 0.6 is 0 Å². The van der Waals surface area contributed by atoms with Crippen molar-refractivity contribution >= 4 is 6.03 Å². The predicted molar refractivity (Wildman–Crippen MR) is 93.7 cm³/mol. The molecule has 2 N–H and O–H groups in total. The first kappa shape index (κ1) is 18.7. The molecule has 0 radical (unpaired) electrons. The number of methoxy groups -OCH3 is 1. The van der Waals surface area contributed by atoms with E-state index in [2.05, 4.69) is 5.32 Å². The molecule has 0 spiro atoms. The first-order chi connectivity index (χ1) is 11.9. The van der Waals surface area contributed by atoms with Crippen molar-refractivity contribution in [3.8, 4) is 5.75 Å². The standard InChI is InChI=1S/C19H23FN2O3/c1-13(18(25-3)16-6-4-5-7-17(16)20)21-19(24)22(2)12-14-8-10-15(23)11-9-14/h4-11,13,18,23H,12H2,1-3H3,(H,21,24)/t13-,18-/m0/s1. The number of carbonyl (C=O) groups is 1. The first-order valence-electron chi connectivity index (χ1n) is 7.99. The average molecular weight is 346 g/mol. The third-order valence-corrected chi connectivity index (χ3v) is 3.97. The summed E-state index contributed by atoms with van der Waals surface area (Å²) in [4.78, 5) is 13.9. The Kier molecular flexibility index (Phi) is 6.36. The molecule has 0 heterocycles. The van der Waals surface area contributed by atoms with Crippen molar-refractivity contribution < 1.29 is 19.0 Å². The molecule has 0 saturated carbocycles. The van der Waals surface area contributed by atoms with Crippen LogP contribution in [0.5, 0.6) is 5.75 Å². The minimum atomic E-state index is -0.591. The maximum Gasteiger partial charge on any atom is 0.317 e. The van der Waals surface area contributed by atoms with Gasteiger partial charge in [-0.2, -0.15) is 0 Å². The zero-order chi connectivity index (χ0) is 18.4. The van der Waals surface area contributed by atoms with Crippen LogP contribution in [0.25, 0.3) is 0 Å². The van der Waals surface area contributed by atoms with Crippen LogP contribution in [0.2, 0.25) is 0 Å². The Morgan fingerprint density at radius 2 is 1.88 bits per heavy atom. The molecule has 5 nitrogen and oxygen atoms in total. The van der Waals surface area contributed by atoms with Gasteiger partial charge in [0, 0.05) is 26.3 Å². The summed E-state index contributed by atoms with van der Waals surface area (Å²) >= 11 is 0. The summed E-state index contributed by atoms with van der Waals surface area (Å²) in [6.45, 7) is 2.16. The average Bonchev–Trinajstić information content (AvgIpc) is 2.59. The van der Waals surface area contributed by atoms with Crippen LogP contribution < -0.4 is 5.32 Å². The molecule has 0 aliphatic rings. The number of hydrogen-bond acceptors (Lipinski definition) is 3. The minimum absolute atomic E-state index is 0.178. The third kappa shape index (κ3) is 4.93. The summed E-state index contributed by atoms with van der Waals surface area (Å²) in [5.41, 5.74) is 1.29. The molecule has 6 heteroatoms. The van der Waals surface area contributed by atoms with Gasteiger partial charge in [0.25, 0.3) is 0 Å². The highest BCUT2D eigenvalue weighted by Crippen LogP contribution is 2.23. The summed E-state index contributed by atoms with van der Waals surface area (Å²) < 4.78 is 19.4. The highest BCUT2D eigenvalue weighted by atomic mass is 19.1. The molecule has 2 aromatic rings. The van der Waals surface area contributed by atoms with E-state index in [4.69, 9.17) is 4.74 Å². The number of amides is 2. The summed E-state index contributed by atoms with van der Waals surface area (Å²) in [7, 11) is 3.15. The van der Waals surface area contributed by atoms with E-state index in [-0.39, 0.29) is 17.6 Å². The summed E-state index contributed by atoms with van der Waals surface area (Å²) in [6, 6.07) is 12.3. The number of carbonyl (C=O) groups excluding carboxylic acids is 1. The Morgan fingerprint density at radius 1 is 1.24 bits per heavy atom. The predicted octanol–water partition coefficient (Wildman–Crippen LogP) is 3.45. The maximum atomic E-state index is 14.0. The number of benzene rings is 2. The van der Waals surface area contributed by atoms with E-state index in [1.165, 1.54) is 18.1 Å². The number of phenolic OH excluding ortho intramolecular Hbond substituents is 1. The van der Waals surface area contributed by atoms with Gasteiger partial charge in [-0.15, -0.1) is 0 Å². The lowest BCUT2D eigenvalue weighted by Gasteiger charge is -2.27. The van der Waals surface area contributed by atoms with Crippen molar-refractivity contribution in [1.29, 1.82) is 0 Å². The molecule has 0 aliphatic carbocycles. The number of ether oxygens (including phenoxy) is 1. The van der Waals surface area contributed by atoms with Crippen LogP contribution in [0.15, 0.2) is 48.5 Å². The van der Waals surface area contributed by atoms with Crippen molar-refractivity contribution in [2.24, 2.45) is 0 Å². The van der Waals surface area contributed by atoms with Crippen LogP contribution in [0.1, 0.15) is 24.2 Å². The molecule has 25 heavy (non-hydrogen) atoms. The molecule has 0 bridgehead atoms. The second-order valence-electron chi connectivity index (χ2n) is 5.94. The number of urea groups is 1. The lowest BCUT2D eigenvalue weighted by Crippen LogP contribution is -2.44. The summed E-state index contributed by atoms with van der Waals surface area (Å²) in [5.74, 6) is -0.190. The number of hydrogen-bond donors (Lipinski definition) is 2. The fraction of sp³-hybridized carbons (Fsp3) is 0.316. The Morgan fingerprint density at radius 3 is 2.48 bits per heavy atom. The molecule has 0 fully saturated rings. The molecule has 2 aromatic carbocycles. The Balaban J connectivity index is 2.00. The van der Waals surface area contributed by atoms with E-state index in [0.29, 0.717) is 12.1 Å². The second-order valence-corrected chi connectivity index (χ2v) is 5.94. The molecule has 0 aromatic heterocycles. The molecule has 0 aliphatic heterocycles. The van der Waals surface area contributed by atoms with E-state index in [1.807, 2.05) is 0 Å². The van der Waals surface area contributed by atoms with Gasteiger partial charge >= 0.3 is 6.03 Å². The Labute approximate surface area is 147 Å². The van der Waals surface area contributed by atoms with Crippen molar-refractivity contribution in [2.45, 2.75) is 25.6 Å². The smallest absolute Gasteiger partial charge is 0.317 e. The fourth-order valence-corrected chi connectivity index (χ4v) is 2.63. The maximum absolute atomic E-state index is 14.0. The molecule has 0 unspecified atom stereocenters. The van der Waals surface area contributed by atoms with E-state index in [9.17, 15) is 14.3 Å². The number of halogens is 1. The number of phenols is 1. The SMILES string of the molecule is CO[C@H](c1ccccc1F)[C@H](C)NC(=O)N(C)Cc1ccc(O)cc1. The number of nitrogens with one attached hydrogen (secondary N) is 1. The molecule has 0 saturated heterocycles. The molecule has 2 rings (SSSR count). The molecule has 134 valence electrons. The van der Waals surface area contributed by atoms with Gasteiger partial charge in [-0.3, -0.25) is 0 Å². The van der Waals surface area contributed by atoms with Gasteiger partial charge in [0.2, 0.25) is 0 Å². The van der Waals surface area contributed by atoms with Gasteiger partial charge in [-0.1, -0.05) is 30.3 Å². The monoisotopic (exact) mass is 346 g/mol. The quantitative estimate of drug-likeness (QED) is 0.842. The van der Waals surface area contributed by atoms with Crippen LogP contribution in [0.4, 0.5) is 9.18 Å². The normalized spacial score (nSPS) is 13.1. The van der Waals surface area contributed by atoms with E-state index in [0.717, 1.165) is 5.56 Å². The largest absolute Gasteiger partial charge is 0.508 e. The first-order valence-corrected chi connectivity index (χ1v) is 7.99. The third-order valence-electron chi connectivity index (χ3n) is 3.97. The van der Waals surface area contributed by atoms with Crippen LogP contribution in [0.3, 0.4) is 0 Å². The number of aromatic hydroxyl groups is 1. The highest BCUT2D eigenvalue weighted by Gasteiger charge is 2.24. The fourth-order valence-electron chi connectivity index (χ4n) is 2.63. The zero-order valence-electron chi connectivity index (χ0n) is 14.6. The van der Waals surface area contributed by atoms with Crippen LogP contribution in [0, 0.1) is 5.82 Å². The topological polar surface area (TPSA) is 61.8 Å². The molecule has 2 atom stereocenters. The van der Waals surface area contributed by atoms with Gasteiger partial charge in [0.05, 0.1) is 6.04 Å². The van der Waals surface area contributed by atoms with Gasteiger partial charge < -0.3 is 20.1 Å². The van der Waals surface area contributed by atoms with Gasteiger partial charge in [-0.25, -0.2) is 9.18 Å². The van der Waals surface area contributed by atoms with Crippen LogP contribution in [-0.2, 0) is 11.3 Å². The van der Waals surface area contributed by atoms with Gasteiger partial charge in [0.15, 0.2) is 0 Å². The second kappa shape index (κ2) is 8.48. The molecule has 2 amide bonds. The summed E-state index contributed by atoms with van der Waals surface area (Å²) in [6.07, 6.45) is -0.591. The number of nitrogens with zero attached hydrogens (tertiary/aromatic N) is 1. The van der Waals surface area contributed by atoms with E-state index >= 15 is 0 Å². The lowest BCUT2D eigenvalue weighted by molar-refractivity contribution is 0.0712. The highest BCUT2D eigenvalue weighted by molar-refractivity contribution is 5.74. The molecular weight excluding hydrogens is 323 g/mol. The lowest BCUT2D eigenvalue weighted by atomic mass is 10.0.